The summed E-state index contributed by atoms with van der Waals surface area (Å²) in [6.45, 7) is 0.710. The molecule has 0 aliphatic rings. The molecule has 0 saturated carbocycles. The van der Waals surface area contributed by atoms with Crippen LogP contribution < -0.4 is 10.2 Å². The predicted molar refractivity (Wildman–Crippen MR) is 118 cm³/mol. The molecule has 0 aliphatic heterocycles. The summed E-state index contributed by atoms with van der Waals surface area (Å²) < 4.78 is 6.97. The summed E-state index contributed by atoms with van der Waals surface area (Å²) >= 11 is 1.59. The number of ether oxygens (including phenoxy) is 1. The Bertz CT molecular complexity index is 1010. The lowest BCUT2D eigenvalue weighted by Gasteiger charge is -2.06. The van der Waals surface area contributed by atoms with Crippen LogP contribution in [0.25, 0.3) is 10.2 Å². The Balaban J connectivity index is 1.24. The number of hydrogen-bond acceptors (Lipinski definition) is 5. The van der Waals surface area contributed by atoms with Crippen molar-refractivity contribution in [2.45, 2.75) is 12.8 Å². The van der Waals surface area contributed by atoms with Gasteiger partial charge >= 0.3 is 0 Å². The monoisotopic (exact) mass is 387 g/mol. The Labute approximate surface area is 168 Å². The van der Waals surface area contributed by atoms with E-state index in [4.69, 9.17) is 4.74 Å². The van der Waals surface area contributed by atoms with E-state index < -0.39 is 0 Å². The molecule has 0 spiro atoms. The number of hydrogen-bond donors (Lipinski definition) is 1. The van der Waals surface area contributed by atoms with Crippen molar-refractivity contribution in [2.24, 2.45) is 5.10 Å². The van der Waals surface area contributed by atoms with Gasteiger partial charge < -0.3 is 4.74 Å². The van der Waals surface area contributed by atoms with Crippen molar-refractivity contribution in [1.82, 2.24) is 4.98 Å². The van der Waals surface area contributed by atoms with Gasteiger partial charge in [-0.25, -0.2) is 4.98 Å². The Kier molecular flexibility index (Phi) is 5.95. The molecule has 0 fully saturated rings. The van der Waals surface area contributed by atoms with Crippen LogP contribution in [0.5, 0.6) is 5.75 Å². The molecule has 1 heterocycles. The van der Waals surface area contributed by atoms with Crippen molar-refractivity contribution in [3.8, 4) is 5.75 Å². The van der Waals surface area contributed by atoms with Crippen molar-refractivity contribution in [3.63, 3.8) is 0 Å². The van der Waals surface area contributed by atoms with Gasteiger partial charge in [0.15, 0.2) is 0 Å². The number of benzene rings is 3. The van der Waals surface area contributed by atoms with Gasteiger partial charge in [-0.1, -0.05) is 53.8 Å². The lowest BCUT2D eigenvalue weighted by molar-refractivity contribution is 0.311. The molecule has 0 saturated heterocycles. The van der Waals surface area contributed by atoms with Crippen molar-refractivity contribution < 1.29 is 4.74 Å². The third-order valence-electron chi connectivity index (χ3n) is 4.27. The summed E-state index contributed by atoms with van der Waals surface area (Å²) in [5.74, 6) is 0.879. The number of para-hydroxylation sites is 1. The molecule has 0 radical (unpaired) electrons. The number of rotatable bonds is 8. The normalized spacial score (nSPS) is 11.1. The van der Waals surface area contributed by atoms with E-state index in [1.54, 1.807) is 17.6 Å². The zero-order chi connectivity index (χ0) is 19.0. The van der Waals surface area contributed by atoms with Gasteiger partial charge in [-0.15, -0.1) is 0 Å². The fraction of sp³-hybridized carbons (Fsp3) is 0.130. The van der Waals surface area contributed by atoms with Crippen LogP contribution >= 0.6 is 11.3 Å². The average molecular weight is 388 g/mol. The van der Waals surface area contributed by atoms with E-state index in [0.29, 0.717) is 6.61 Å². The number of aromatic nitrogens is 1. The van der Waals surface area contributed by atoms with Crippen LogP contribution in [0.1, 0.15) is 17.5 Å². The van der Waals surface area contributed by atoms with Crippen LogP contribution in [0.4, 0.5) is 5.13 Å². The third kappa shape index (κ3) is 4.96. The first-order valence-electron chi connectivity index (χ1n) is 9.28. The summed E-state index contributed by atoms with van der Waals surface area (Å²) in [4.78, 5) is 4.50. The summed E-state index contributed by atoms with van der Waals surface area (Å²) in [6, 6.07) is 26.5. The second-order valence-corrected chi connectivity index (χ2v) is 7.39. The van der Waals surface area contributed by atoms with E-state index in [9.17, 15) is 0 Å². The topological polar surface area (TPSA) is 46.5 Å². The van der Waals surface area contributed by atoms with Crippen molar-refractivity contribution in [2.75, 3.05) is 12.0 Å². The maximum atomic E-state index is 5.82. The van der Waals surface area contributed by atoms with Gasteiger partial charge in [0.05, 0.1) is 23.0 Å². The highest BCUT2D eigenvalue weighted by Gasteiger charge is 2.01. The molecule has 28 heavy (non-hydrogen) atoms. The van der Waals surface area contributed by atoms with E-state index >= 15 is 0 Å². The number of hydrazone groups is 1. The standard InChI is InChI=1S/C23H21N3OS/c1-2-7-18(8-3-1)9-6-16-27-20-14-12-19(13-15-20)17-24-26-23-25-21-10-4-5-11-22(21)28-23/h1-5,7-8,10-15,17H,6,9,16H2,(H,25,26)/b24-17-. The molecule has 0 aliphatic carbocycles. The Morgan fingerprint density at radius 3 is 2.54 bits per heavy atom. The van der Waals surface area contributed by atoms with Crippen LogP contribution in [-0.2, 0) is 6.42 Å². The summed E-state index contributed by atoms with van der Waals surface area (Å²) in [5, 5.41) is 5.07. The highest BCUT2D eigenvalue weighted by atomic mass is 32.1. The van der Waals surface area contributed by atoms with Crippen LogP contribution in [0.3, 0.4) is 0 Å². The summed E-state index contributed by atoms with van der Waals surface area (Å²) in [7, 11) is 0. The minimum atomic E-state index is 0.710. The minimum absolute atomic E-state index is 0.710. The smallest absolute Gasteiger partial charge is 0.204 e. The third-order valence-corrected chi connectivity index (χ3v) is 5.21. The predicted octanol–water partition coefficient (Wildman–Crippen LogP) is 5.75. The molecule has 0 unspecified atom stereocenters. The molecule has 4 aromatic rings. The fourth-order valence-electron chi connectivity index (χ4n) is 2.84. The largest absolute Gasteiger partial charge is 0.494 e. The first-order chi connectivity index (χ1) is 13.9. The van der Waals surface area contributed by atoms with E-state index in [-0.39, 0.29) is 0 Å². The maximum absolute atomic E-state index is 5.82. The summed E-state index contributed by atoms with van der Waals surface area (Å²) in [6.07, 6.45) is 3.81. The molecule has 140 valence electrons. The number of thiazole rings is 1. The zero-order valence-electron chi connectivity index (χ0n) is 15.4. The molecular formula is C23H21N3OS. The highest BCUT2D eigenvalue weighted by molar-refractivity contribution is 7.22. The number of aryl methyl sites for hydroxylation is 1. The number of fused-ring (bicyclic) bond motifs is 1. The van der Waals surface area contributed by atoms with Gasteiger partial charge in [0, 0.05) is 0 Å². The molecule has 0 amide bonds. The first kappa shape index (κ1) is 18.2. The molecule has 1 aromatic heterocycles. The molecule has 1 N–H and O–H groups in total. The van der Waals surface area contributed by atoms with Gasteiger partial charge in [0.25, 0.3) is 0 Å². The van der Waals surface area contributed by atoms with Crippen LogP contribution in [0, 0.1) is 0 Å². The Morgan fingerprint density at radius 1 is 0.929 bits per heavy atom. The summed E-state index contributed by atoms with van der Waals surface area (Å²) in [5.41, 5.74) is 6.34. The van der Waals surface area contributed by atoms with Gasteiger partial charge in [0.2, 0.25) is 5.13 Å². The fourth-order valence-corrected chi connectivity index (χ4v) is 3.66. The molecular weight excluding hydrogens is 366 g/mol. The van der Waals surface area contributed by atoms with Crippen LogP contribution in [0.2, 0.25) is 0 Å². The molecule has 0 bridgehead atoms. The van der Waals surface area contributed by atoms with Gasteiger partial charge in [0.1, 0.15) is 5.75 Å². The maximum Gasteiger partial charge on any atom is 0.204 e. The molecule has 5 heteroatoms. The van der Waals surface area contributed by atoms with E-state index in [2.05, 4.69) is 45.8 Å². The Morgan fingerprint density at radius 2 is 1.71 bits per heavy atom. The Hall–Kier alpha value is -3.18. The van der Waals surface area contributed by atoms with E-state index in [1.807, 2.05) is 48.5 Å². The number of nitrogens with one attached hydrogen (secondary N) is 1. The van der Waals surface area contributed by atoms with Crippen molar-refractivity contribution in [3.05, 3.63) is 90.0 Å². The molecule has 4 rings (SSSR count). The average Bonchev–Trinajstić information content (AvgIpc) is 3.16. The number of nitrogens with zero attached hydrogens (tertiary/aromatic N) is 2. The van der Waals surface area contributed by atoms with Crippen molar-refractivity contribution >= 4 is 32.9 Å². The zero-order valence-corrected chi connectivity index (χ0v) is 16.2. The van der Waals surface area contributed by atoms with Gasteiger partial charge in [-0.05, 0) is 60.4 Å². The second kappa shape index (κ2) is 9.15. The second-order valence-electron chi connectivity index (χ2n) is 6.36. The van der Waals surface area contributed by atoms with E-state index in [1.165, 1.54) is 5.56 Å². The van der Waals surface area contributed by atoms with Gasteiger partial charge in [-0.3, -0.25) is 5.43 Å². The minimum Gasteiger partial charge on any atom is -0.494 e. The van der Waals surface area contributed by atoms with Crippen molar-refractivity contribution in [1.29, 1.82) is 0 Å². The lowest BCUT2D eigenvalue weighted by atomic mass is 10.1. The van der Waals surface area contributed by atoms with E-state index in [0.717, 1.165) is 39.5 Å². The molecule has 4 nitrogen and oxygen atoms in total. The van der Waals surface area contributed by atoms with Gasteiger partial charge in [-0.2, -0.15) is 5.10 Å². The quantitative estimate of drug-likeness (QED) is 0.238. The molecule has 0 atom stereocenters. The molecule has 3 aromatic carbocycles. The highest BCUT2D eigenvalue weighted by Crippen LogP contribution is 2.25. The van der Waals surface area contributed by atoms with Crippen LogP contribution in [-0.4, -0.2) is 17.8 Å². The lowest BCUT2D eigenvalue weighted by Crippen LogP contribution is -1.99. The first-order valence-corrected chi connectivity index (χ1v) is 10.1. The number of anilines is 1. The van der Waals surface area contributed by atoms with Crippen LogP contribution in [0.15, 0.2) is 84.0 Å². The SMILES string of the molecule is C(=N/Nc1nc2ccccc2s1)/c1ccc(OCCCc2ccccc2)cc1.